The van der Waals surface area contributed by atoms with E-state index in [0.717, 1.165) is 22.8 Å². The zero-order chi connectivity index (χ0) is 16.3. The fourth-order valence-electron chi connectivity index (χ4n) is 2.64. The summed E-state index contributed by atoms with van der Waals surface area (Å²) in [4.78, 5) is 4.29. The van der Waals surface area contributed by atoms with Crippen LogP contribution in [0.2, 0.25) is 0 Å². The van der Waals surface area contributed by atoms with Crippen molar-refractivity contribution in [3.05, 3.63) is 46.5 Å². The van der Waals surface area contributed by atoms with Crippen molar-refractivity contribution in [2.75, 3.05) is 13.6 Å². The van der Waals surface area contributed by atoms with Gasteiger partial charge < -0.3 is 15.2 Å². The topological polar surface area (TPSA) is 67.1 Å². The first-order valence-corrected chi connectivity index (χ1v) is 8.46. The van der Waals surface area contributed by atoms with Gasteiger partial charge in [0.1, 0.15) is 6.33 Å². The fraction of sp³-hybridized carbons (Fsp3) is 0.438. The third kappa shape index (κ3) is 4.47. The van der Waals surface area contributed by atoms with Crippen molar-refractivity contribution in [2.24, 2.45) is 12.0 Å². The van der Waals surface area contributed by atoms with E-state index >= 15 is 0 Å². The van der Waals surface area contributed by atoms with Crippen LogP contribution >= 0.6 is 39.9 Å². The number of aliphatic imine (C=N–C) groups is 1. The minimum Gasteiger partial charge on any atom is -0.356 e. The molecule has 1 saturated carbocycles. The lowest BCUT2D eigenvalue weighted by molar-refractivity contribution is 0.640. The molecule has 0 spiro atoms. The van der Waals surface area contributed by atoms with E-state index in [1.165, 1.54) is 18.4 Å². The molecule has 24 heavy (non-hydrogen) atoms. The van der Waals surface area contributed by atoms with Crippen LogP contribution in [0.25, 0.3) is 0 Å². The molecular formula is C16H22BrIN6. The summed E-state index contributed by atoms with van der Waals surface area (Å²) in [5.74, 6) is 1.66. The second-order valence-electron chi connectivity index (χ2n) is 5.93. The predicted molar refractivity (Wildman–Crippen MR) is 110 cm³/mol. The molecule has 8 heteroatoms. The van der Waals surface area contributed by atoms with Gasteiger partial charge in [0.2, 0.25) is 0 Å². The number of aryl methyl sites for hydroxylation is 1. The van der Waals surface area contributed by atoms with Crippen LogP contribution in [0.5, 0.6) is 0 Å². The molecule has 0 bridgehead atoms. The SMILES string of the molecule is CN=C(NCc1nncn1C)NCC1(c2cccc(Br)c2)CC1.I. The van der Waals surface area contributed by atoms with Crippen molar-refractivity contribution in [3.8, 4) is 0 Å². The molecule has 0 radical (unpaired) electrons. The highest BCUT2D eigenvalue weighted by Crippen LogP contribution is 2.48. The molecule has 0 atom stereocenters. The lowest BCUT2D eigenvalue weighted by Crippen LogP contribution is -2.41. The second-order valence-corrected chi connectivity index (χ2v) is 6.84. The lowest BCUT2D eigenvalue weighted by atomic mass is 9.96. The minimum atomic E-state index is 0. The van der Waals surface area contributed by atoms with Crippen LogP contribution in [-0.4, -0.2) is 34.3 Å². The molecule has 0 unspecified atom stereocenters. The summed E-state index contributed by atoms with van der Waals surface area (Å²) in [7, 11) is 3.71. The summed E-state index contributed by atoms with van der Waals surface area (Å²) < 4.78 is 3.02. The molecule has 1 aromatic carbocycles. The van der Waals surface area contributed by atoms with E-state index in [4.69, 9.17) is 0 Å². The average Bonchev–Trinajstić information content (AvgIpc) is 3.24. The minimum absolute atomic E-state index is 0. The molecule has 1 aromatic heterocycles. The van der Waals surface area contributed by atoms with E-state index in [1.54, 1.807) is 13.4 Å². The molecule has 130 valence electrons. The maximum Gasteiger partial charge on any atom is 0.191 e. The molecule has 1 heterocycles. The van der Waals surface area contributed by atoms with E-state index in [2.05, 4.69) is 66.0 Å². The molecule has 0 aliphatic heterocycles. The molecule has 1 aliphatic carbocycles. The van der Waals surface area contributed by atoms with Gasteiger partial charge in [0, 0.05) is 30.5 Å². The van der Waals surface area contributed by atoms with Crippen molar-refractivity contribution >= 4 is 45.9 Å². The summed E-state index contributed by atoms with van der Waals surface area (Å²) in [5, 5.41) is 14.7. The highest BCUT2D eigenvalue weighted by molar-refractivity contribution is 14.0. The number of nitrogens with zero attached hydrogens (tertiary/aromatic N) is 4. The smallest absolute Gasteiger partial charge is 0.191 e. The zero-order valence-corrected chi connectivity index (χ0v) is 17.7. The molecular weight excluding hydrogens is 483 g/mol. The summed E-state index contributed by atoms with van der Waals surface area (Å²) in [6, 6.07) is 8.58. The summed E-state index contributed by atoms with van der Waals surface area (Å²) in [6.45, 7) is 1.47. The molecule has 1 fully saturated rings. The van der Waals surface area contributed by atoms with Crippen LogP contribution in [0.1, 0.15) is 24.2 Å². The maximum absolute atomic E-state index is 4.29. The molecule has 0 amide bonds. The Kier molecular flexibility index (Phi) is 6.62. The third-order valence-corrected chi connectivity index (χ3v) is 4.82. The van der Waals surface area contributed by atoms with Crippen LogP contribution in [0.4, 0.5) is 0 Å². The van der Waals surface area contributed by atoms with Crippen molar-refractivity contribution in [1.82, 2.24) is 25.4 Å². The van der Waals surface area contributed by atoms with E-state index in [-0.39, 0.29) is 29.4 Å². The van der Waals surface area contributed by atoms with Crippen molar-refractivity contribution in [1.29, 1.82) is 0 Å². The number of halogens is 2. The van der Waals surface area contributed by atoms with E-state index < -0.39 is 0 Å². The van der Waals surface area contributed by atoms with Crippen LogP contribution < -0.4 is 10.6 Å². The van der Waals surface area contributed by atoms with E-state index in [0.29, 0.717) is 6.54 Å². The Labute approximate surface area is 167 Å². The Morgan fingerprint density at radius 1 is 1.38 bits per heavy atom. The van der Waals surface area contributed by atoms with Crippen molar-refractivity contribution < 1.29 is 0 Å². The van der Waals surface area contributed by atoms with Gasteiger partial charge in [0.15, 0.2) is 11.8 Å². The van der Waals surface area contributed by atoms with Gasteiger partial charge in [-0.05, 0) is 30.5 Å². The van der Waals surface area contributed by atoms with Gasteiger partial charge in [0.05, 0.1) is 6.54 Å². The monoisotopic (exact) mass is 504 g/mol. The molecule has 2 N–H and O–H groups in total. The van der Waals surface area contributed by atoms with Crippen LogP contribution in [0.3, 0.4) is 0 Å². The highest BCUT2D eigenvalue weighted by atomic mass is 127. The van der Waals surface area contributed by atoms with Crippen LogP contribution in [0.15, 0.2) is 40.1 Å². The summed E-state index contributed by atoms with van der Waals surface area (Å²) in [6.07, 6.45) is 4.10. The van der Waals surface area contributed by atoms with Crippen LogP contribution in [0, 0.1) is 0 Å². The molecule has 3 rings (SSSR count). The largest absolute Gasteiger partial charge is 0.356 e. The molecule has 6 nitrogen and oxygen atoms in total. The molecule has 0 saturated heterocycles. The van der Waals surface area contributed by atoms with Gasteiger partial charge in [-0.15, -0.1) is 34.2 Å². The first-order valence-electron chi connectivity index (χ1n) is 7.66. The predicted octanol–water partition coefficient (Wildman–Crippen LogP) is 2.59. The number of benzene rings is 1. The quantitative estimate of drug-likeness (QED) is 0.373. The first-order chi connectivity index (χ1) is 11.1. The number of hydrogen-bond acceptors (Lipinski definition) is 3. The highest BCUT2D eigenvalue weighted by Gasteiger charge is 2.44. The standard InChI is InChI=1S/C16H21BrN6.HI/c1-18-15(19-9-14-22-21-11-23(14)2)20-10-16(6-7-16)12-4-3-5-13(17)8-12;/h3-5,8,11H,6-7,9-10H2,1-2H3,(H2,18,19,20);1H. The Morgan fingerprint density at radius 2 is 2.17 bits per heavy atom. The Bertz CT molecular complexity index is 710. The van der Waals surface area contributed by atoms with Crippen LogP contribution in [-0.2, 0) is 19.0 Å². The third-order valence-electron chi connectivity index (χ3n) is 4.33. The van der Waals surface area contributed by atoms with E-state index in [1.807, 2.05) is 11.6 Å². The molecule has 1 aliphatic rings. The normalized spacial score (nSPS) is 15.5. The van der Waals surface area contributed by atoms with Gasteiger partial charge in [-0.25, -0.2) is 0 Å². The number of aromatic nitrogens is 3. The second kappa shape index (κ2) is 8.28. The molecule has 2 aromatic rings. The number of guanidine groups is 1. The van der Waals surface area contributed by atoms with Gasteiger partial charge in [-0.1, -0.05) is 28.1 Å². The van der Waals surface area contributed by atoms with Crippen molar-refractivity contribution in [2.45, 2.75) is 24.8 Å². The number of hydrogen-bond donors (Lipinski definition) is 2. The fourth-order valence-corrected chi connectivity index (χ4v) is 3.04. The Balaban J connectivity index is 0.00000208. The summed E-state index contributed by atoms with van der Waals surface area (Å²) >= 11 is 3.56. The average molecular weight is 505 g/mol. The van der Waals surface area contributed by atoms with E-state index in [9.17, 15) is 0 Å². The van der Waals surface area contributed by atoms with Gasteiger partial charge in [-0.2, -0.15) is 0 Å². The Morgan fingerprint density at radius 3 is 2.75 bits per heavy atom. The number of nitrogens with one attached hydrogen (secondary N) is 2. The zero-order valence-electron chi connectivity index (χ0n) is 13.8. The lowest BCUT2D eigenvalue weighted by Gasteiger charge is -2.19. The first kappa shape index (κ1) is 19.2. The maximum atomic E-state index is 4.29. The van der Waals surface area contributed by atoms with Crippen molar-refractivity contribution in [3.63, 3.8) is 0 Å². The Hall–Kier alpha value is -1.16. The van der Waals surface area contributed by atoms with Gasteiger partial charge in [-0.3, -0.25) is 4.99 Å². The summed E-state index contributed by atoms with van der Waals surface area (Å²) in [5.41, 5.74) is 1.61. The number of rotatable bonds is 5. The van der Waals surface area contributed by atoms with Gasteiger partial charge >= 0.3 is 0 Å². The van der Waals surface area contributed by atoms with Gasteiger partial charge in [0.25, 0.3) is 0 Å².